The van der Waals surface area contributed by atoms with Crippen LogP contribution in [0, 0.1) is 0 Å². The molecule has 0 unspecified atom stereocenters. The van der Waals surface area contributed by atoms with Crippen molar-refractivity contribution in [2.24, 2.45) is 0 Å². The van der Waals surface area contributed by atoms with Crippen LogP contribution in [0.15, 0.2) is 34.9 Å². The molecule has 0 radical (unpaired) electrons. The number of rotatable bonds is 6. The van der Waals surface area contributed by atoms with E-state index in [9.17, 15) is 9.59 Å². The quantitative estimate of drug-likeness (QED) is 0.716. The summed E-state index contributed by atoms with van der Waals surface area (Å²) in [7, 11) is 2.98. The Morgan fingerprint density at radius 1 is 1.11 bits per heavy atom. The Kier molecular flexibility index (Phi) is 5.97. The topological polar surface area (TPSA) is 102 Å². The zero-order valence-corrected chi connectivity index (χ0v) is 15.3. The lowest BCUT2D eigenvalue weighted by Crippen LogP contribution is -2.42. The molecule has 2 aromatic rings. The van der Waals surface area contributed by atoms with E-state index in [1.54, 1.807) is 24.3 Å². The fraction of sp³-hybridized carbons (Fsp3) is 0.368. The summed E-state index contributed by atoms with van der Waals surface area (Å²) in [5.41, 5.74) is 0.617. The molecule has 0 aliphatic carbocycles. The maximum absolute atomic E-state index is 12.9. The standard InChI is InChI=1S/C19H23N3O5/c1-25-16-10-13(18(23)21-12-5-7-20-8-6-12)14(11-17(16)26-2)22-19(24)15-4-3-9-27-15/h3-4,9-12,20H,5-8H2,1-2H3,(H,21,23)(H,22,24). The first-order valence-electron chi connectivity index (χ1n) is 8.75. The molecule has 1 aromatic heterocycles. The summed E-state index contributed by atoms with van der Waals surface area (Å²) >= 11 is 0. The van der Waals surface area contributed by atoms with Crippen LogP contribution in [-0.4, -0.2) is 45.2 Å². The molecule has 0 bridgehead atoms. The molecule has 8 nitrogen and oxygen atoms in total. The van der Waals surface area contributed by atoms with Gasteiger partial charge in [-0.05, 0) is 44.1 Å². The largest absolute Gasteiger partial charge is 0.493 e. The molecule has 0 atom stereocenters. The molecule has 2 heterocycles. The Balaban J connectivity index is 1.89. The fourth-order valence-electron chi connectivity index (χ4n) is 2.99. The number of methoxy groups -OCH3 is 2. The maximum atomic E-state index is 12.9. The van der Waals surface area contributed by atoms with E-state index in [4.69, 9.17) is 13.9 Å². The lowest BCUT2D eigenvalue weighted by Gasteiger charge is -2.24. The average Bonchev–Trinajstić information content (AvgIpc) is 3.23. The average molecular weight is 373 g/mol. The van der Waals surface area contributed by atoms with Crippen molar-refractivity contribution in [2.75, 3.05) is 32.6 Å². The molecule has 1 fully saturated rings. The molecule has 1 aromatic carbocycles. The monoisotopic (exact) mass is 373 g/mol. The lowest BCUT2D eigenvalue weighted by atomic mass is 10.0. The number of carbonyl (C=O) groups excluding carboxylic acids is 2. The summed E-state index contributed by atoms with van der Waals surface area (Å²) in [5, 5.41) is 9.00. The van der Waals surface area contributed by atoms with Crippen molar-refractivity contribution in [1.82, 2.24) is 10.6 Å². The van der Waals surface area contributed by atoms with Crippen molar-refractivity contribution in [3.8, 4) is 11.5 Å². The number of carbonyl (C=O) groups is 2. The highest BCUT2D eigenvalue weighted by molar-refractivity contribution is 6.08. The molecule has 0 spiro atoms. The fourth-order valence-corrected chi connectivity index (χ4v) is 2.99. The SMILES string of the molecule is COc1cc(NC(=O)c2ccco2)c(C(=O)NC2CCNCC2)cc1OC. The normalized spacial score (nSPS) is 14.4. The predicted octanol–water partition coefficient (Wildman–Crippen LogP) is 2.03. The Labute approximate surface area is 157 Å². The van der Waals surface area contributed by atoms with E-state index in [2.05, 4.69) is 16.0 Å². The van der Waals surface area contributed by atoms with Crippen molar-refractivity contribution < 1.29 is 23.5 Å². The van der Waals surface area contributed by atoms with Crippen LogP contribution < -0.4 is 25.4 Å². The van der Waals surface area contributed by atoms with E-state index in [0.717, 1.165) is 25.9 Å². The van der Waals surface area contributed by atoms with Gasteiger partial charge in [0.1, 0.15) is 0 Å². The molecule has 1 saturated heterocycles. The molecule has 8 heteroatoms. The molecular weight excluding hydrogens is 350 g/mol. The number of benzene rings is 1. The molecule has 1 aliphatic heterocycles. The lowest BCUT2D eigenvalue weighted by molar-refractivity contribution is 0.0930. The molecule has 27 heavy (non-hydrogen) atoms. The molecule has 3 N–H and O–H groups in total. The minimum atomic E-state index is -0.455. The van der Waals surface area contributed by atoms with Crippen LogP contribution in [0.4, 0.5) is 5.69 Å². The number of hydrogen-bond donors (Lipinski definition) is 3. The molecule has 0 saturated carbocycles. The van der Waals surface area contributed by atoms with E-state index in [1.165, 1.54) is 20.5 Å². The van der Waals surface area contributed by atoms with Gasteiger partial charge in [-0.1, -0.05) is 0 Å². The van der Waals surface area contributed by atoms with Crippen molar-refractivity contribution in [2.45, 2.75) is 18.9 Å². The minimum absolute atomic E-state index is 0.0838. The number of amides is 2. The first-order chi connectivity index (χ1) is 13.1. The van der Waals surface area contributed by atoms with Crippen LogP contribution in [-0.2, 0) is 0 Å². The Morgan fingerprint density at radius 3 is 2.44 bits per heavy atom. The summed E-state index contributed by atoms with van der Waals surface area (Å²) in [6, 6.07) is 6.38. The van der Waals surface area contributed by atoms with Crippen molar-refractivity contribution >= 4 is 17.5 Å². The minimum Gasteiger partial charge on any atom is -0.493 e. The van der Waals surface area contributed by atoms with Gasteiger partial charge in [0.2, 0.25) is 0 Å². The van der Waals surface area contributed by atoms with E-state index in [0.29, 0.717) is 22.7 Å². The maximum Gasteiger partial charge on any atom is 0.291 e. The first kappa shape index (κ1) is 18.8. The van der Waals surface area contributed by atoms with Gasteiger partial charge in [-0.3, -0.25) is 9.59 Å². The van der Waals surface area contributed by atoms with Crippen LogP contribution in [0.1, 0.15) is 33.8 Å². The number of anilines is 1. The number of hydrogen-bond acceptors (Lipinski definition) is 6. The first-order valence-corrected chi connectivity index (χ1v) is 8.75. The van der Waals surface area contributed by atoms with Crippen LogP contribution in [0.25, 0.3) is 0 Å². The van der Waals surface area contributed by atoms with Crippen LogP contribution in [0.3, 0.4) is 0 Å². The predicted molar refractivity (Wildman–Crippen MR) is 99.6 cm³/mol. The van der Waals surface area contributed by atoms with Gasteiger partial charge >= 0.3 is 0 Å². The molecule has 3 rings (SSSR count). The Bertz CT molecular complexity index is 798. The molecule has 1 aliphatic rings. The van der Waals surface area contributed by atoms with Gasteiger partial charge in [0.25, 0.3) is 11.8 Å². The van der Waals surface area contributed by atoms with E-state index in [-0.39, 0.29) is 17.7 Å². The van der Waals surface area contributed by atoms with Gasteiger partial charge in [0.05, 0.1) is 31.7 Å². The van der Waals surface area contributed by atoms with Gasteiger partial charge in [-0.2, -0.15) is 0 Å². The zero-order chi connectivity index (χ0) is 19.2. The second-order valence-corrected chi connectivity index (χ2v) is 6.18. The third-order valence-corrected chi connectivity index (χ3v) is 4.44. The van der Waals surface area contributed by atoms with Gasteiger partial charge in [0, 0.05) is 12.1 Å². The number of piperidine rings is 1. The van der Waals surface area contributed by atoms with Crippen LogP contribution in [0.2, 0.25) is 0 Å². The van der Waals surface area contributed by atoms with E-state index in [1.807, 2.05) is 0 Å². The summed E-state index contributed by atoms with van der Waals surface area (Å²) < 4.78 is 15.7. The van der Waals surface area contributed by atoms with Gasteiger partial charge in [-0.25, -0.2) is 0 Å². The van der Waals surface area contributed by atoms with Crippen LogP contribution in [0.5, 0.6) is 11.5 Å². The third-order valence-electron chi connectivity index (χ3n) is 4.44. The van der Waals surface area contributed by atoms with E-state index < -0.39 is 5.91 Å². The van der Waals surface area contributed by atoms with Crippen molar-refractivity contribution in [3.05, 3.63) is 41.9 Å². The summed E-state index contributed by atoms with van der Waals surface area (Å²) in [4.78, 5) is 25.2. The molecular formula is C19H23N3O5. The Morgan fingerprint density at radius 2 is 1.81 bits per heavy atom. The molecule has 2 amide bonds. The van der Waals surface area contributed by atoms with Crippen LogP contribution >= 0.6 is 0 Å². The summed E-state index contributed by atoms with van der Waals surface area (Å²) in [6.07, 6.45) is 3.12. The highest BCUT2D eigenvalue weighted by atomic mass is 16.5. The highest BCUT2D eigenvalue weighted by Gasteiger charge is 2.22. The van der Waals surface area contributed by atoms with Gasteiger partial charge < -0.3 is 29.8 Å². The number of furan rings is 1. The molecule has 144 valence electrons. The zero-order valence-electron chi connectivity index (χ0n) is 15.3. The summed E-state index contributed by atoms with van der Waals surface area (Å²) in [6.45, 7) is 1.72. The second-order valence-electron chi connectivity index (χ2n) is 6.18. The smallest absolute Gasteiger partial charge is 0.291 e. The third kappa shape index (κ3) is 4.40. The second kappa shape index (κ2) is 8.59. The van der Waals surface area contributed by atoms with Crippen molar-refractivity contribution in [3.63, 3.8) is 0 Å². The number of ether oxygens (including phenoxy) is 2. The van der Waals surface area contributed by atoms with E-state index >= 15 is 0 Å². The summed E-state index contributed by atoms with van der Waals surface area (Å²) in [5.74, 6) is 0.227. The Hall–Kier alpha value is -3.00. The van der Waals surface area contributed by atoms with Gasteiger partial charge in [-0.15, -0.1) is 0 Å². The van der Waals surface area contributed by atoms with Crippen molar-refractivity contribution in [1.29, 1.82) is 0 Å². The highest BCUT2D eigenvalue weighted by Crippen LogP contribution is 2.33. The number of nitrogens with one attached hydrogen (secondary N) is 3. The van der Waals surface area contributed by atoms with Gasteiger partial charge in [0.15, 0.2) is 17.3 Å².